The Morgan fingerprint density at radius 3 is 2.44 bits per heavy atom. The molecule has 3 amide bonds. The third kappa shape index (κ3) is 9.50. The van der Waals surface area contributed by atoms with Crippen molar-refractivity contribution in [1.82, 2.24) is 16.0 Å². The third-order valence-corrected chi connectivity index (χ3v) is 7.96. The van der Waals surface area contributed by atoms with Crippen LogP contribution in [0.4, 0.5) is 0 Å². The first-order chi connectivity index (χ1) is 16.1. The molecule has 2 heterocycles. The fourth-order valence-corrected chi connectivity index (χ4v) is 5.93. The second kappa shape index (κ2) is 14.0. The van der Waals surface area contributed by atoms with Gasteiger partial charge >= 0.3 is 5.97 Å². The minimum Gasteiger partial charge on any atom is -0.457 e. The quantitative estimate of drug-likeness (QED) is 0.253. The molecule has 9 nitrogen and oxygen atoms in total. The number of fused-ring (bicyclic) bond motifs is 7. The molecule has 1 fully saturated rings. The molecule has 0 aromatic rings. The Balaban J connectivity index is 2.47. The van der Waals surface area contributed by atoms with Gasteiger partial charge in [0.2, 0.25) is 17.7 Å². The highest BCUT2D eigenvalue weighted by Gasteiger charge is 2.33. The average molecular weight is 516 g/mol. The topological polar surface area (TPSA) is 134 Å². The van der Waals surface area contributed by atoms with E-state index in [2.05, 4.69) is 16.0 Å². The zero-order valence-corrected chi connectivity index (χ0v) is 21.9. The van der Waals surface area contributed by atoms with E-state index in [4.69, 9.17) is 4.74 Å². The van der Waals surface area contributed by atoms with Crippen LogP contribution >= 0.6 is 21.6 Å². The van der Waals surface area contributed by atoms with Gasteiger partial charge in [0.1, 0.15) is 18.2 Å². The number of aliphatic hydroxyl groups is 1. The number of nitrogens with one attached hydrogen (secondary N) is 3. The van der Waals surface area contributed by atoms with Gasteiger partial charge in [-0.1, -0.05) is 55.4 Å². The van der Waals surface area contributed by atoms with Crippen LogP contribution in [-0.2, 0) is 23.9 Å². The number of rotatable bonds is 3. The molecule has 0 spiro atoms. The van der Waals surface area contributed by atoms with Crippen LogP contribution in [0, 0.1) is 11.8 Å². The van der Waals surface area contributed by atoms with Gasteiger partial charge in [-0.15, -0.1) is 0 Å². The van der Waals surface area contributed by atoms with E-state index in [1.54, 1.807) is 16.9 Å². The Labute approximate surface area is 209 Å². The van der Waals surface area contributed by atoms with Gasteiger partial charge in [0, 0.05) is 11.5 Å². The molecule has 0 aromatic carbocycles. The second-order valence-electron chi connectivity index (χ2n) is 9.42. The predicted molar refractivity (Wildman–Crippen MR) is 134 cm³/mol. The SMILES string of the molecule is CC(C)C[C@H]1NC(=O)C[C@H]2C=CCCSSC[C@@H](NC1=O)C(=O)N[C@H](C(C)C)[C@H](O)CC(=O)O2. The summed E-state index contributed by atoms with van der Waals surface area (Å²) in [7, 11) is 3.04. The van der Waals surface area contributed by atoms with E-state index < -0.39 is 54.0 Å². The molecule has 0 saturated carbocycles. The lowest BCUT2D eigenvalue weighted by Crippen LogP contribution is -2.58. The van der Waals surface area contributed by atoms with Crippen LogP contribution in [0.1, 0.15) is 53.4 Å². The molecular formula is C23H37N3O6S2. The van der Waals surface area contributed by atoms with E-state index in [-0.39, 0.29) is 24.7 Å². The summed E-state index contributed by atoms with van der Waals surface area (Å²) in [5.74, 6) is -0.965. The number of amides is 3. The molecule has 0 aliphatic carbocycles. The predicted octanol–water partition coefficient (Wildman–Crippen LogP) is 1.55. The Morgan fingerprint density at radius 2 is 1.76 bits per heavy atom. The molecule has 2 aliphatic heterocycles. The number of esters is 1. The van der Waals surface area contributed by atoms with Gasteiger partial charge < -0.3 is 25.8 Å². The maximum Gasteiger partial charge on any atom is 0.309 e. The van der Waals surface area contributed by atoms with Gasteiger partial charge in [-0.2, -0.15) is 0 Å². The summed E-state index contributed by atoms with van der Waals surface area (Å²) in [6.45, 7) is 7.54. The van der Waals surface area contributed by atoms with Gasteiger partial charge in [-0.05, 0) is 30.8 Å². The first-order valence-electron chi connectivity index (χ1n) is 11.8. The summed E-state index contributed by atoms with van der Waals surface area (Å²) >= 11 is 0. The maximum atomic E-state index is 13.2. The standard InChI is InChI=1S/C23H37N3O6S2/c1-13(2)9-16-22(30)25-17-12-34-33-8-6-5-7-15(10-19(28)24-16)32-20(29)11-18(27)21(14(3)4)26-23(17)31/h5,7,13-18,21,27H,6,8-12H2,1-4H3,(H,24,28)(H,25,30)(H,26,31)/t15-,16-,17-,18-,21-/m1/s1. The molecule has 0 aromatic heterocycles. The van der Waals surface area contributed by atoms with Crippen LogP contribution < -0.4 is 16.0 Å². The largest absolute Gasteiger partial charge is 0.457 e. The van der Waals surface area contributed by atoms with Crippen LogP contribution in [0.15, 0.2) is 12.2 Å². The minimum atomic E-state index is -1.18. The molecular weight excluding hydrogens is 478 g/mol. The molecule has 2 bridgehead atoms. The summed E-state index contributed by atoms with van der Waals surface area (Å²) < 4.78 is 5.51. The van der Waals surface area contributed by atoms with Crippen molar-refractivity contribution in [2.45, 2.75) is 83.7 Å². The first-order valence-corrected chi connectivity index (χ1v) is 14.2. The summed E-state index contributed by atoms with van der Waals surface area (Å²) in [5, 5.41) is 19.1. The van der Waals surface area contributed by atoms with Gasteiger partial charge in [0.15, 0.2) is 0 Å². The first kappa shape index (κ1) is 28.5. The number of hydrogen-bond donors (Lipinski definition) is 4. The summed E-state index contributed by atoms with van der Waals surface area (Å²) in [6, 6.07) is -2.41. The molecule has 2 aliphatic rings. The van der Waals surface area contributed by atoms with Crippen molar-refractivity contribution >= 4 is 45.3 Å². The van der Waals surface area contributed by atoms with Crippen molar-refractivity contribution in [3.8, 4) is 0 Å². The lowest BCUT2D eigenvalue weighted by Gasteiger charge is -2.30. The van der Waals surface area contributed by atoms with Crippen LogP contribution in [0.2, 0.25) is 0 Å². The van der Waals surface area contributed by atoms with Crippen LogP contribution in [0.25, 0.3) is 0 Å². The number of aliphatic hydroxyl groups excluding tert-OH is 1. The monoisotopic (exact) mass is 515 g/mol. The second-order valence-corrected chi connectivity index (χ2v) is 12.0. The highest BCUT2D eigenvalue weighted by Crippen LogP contribution is 2.24. The minimum absolute atomic E-state index is 0.117. The summed E-state index contributed by atoms with van der Waals surface area (Å²) in [4.78, 5) is 51.7. The molecule has 2 rings (SSSR count). The number of allylic oxidation sites excluding steroid dienone is 1. The Bertz CT molecular complexity index is 761. The normalized spacial score (nSPS) is 30.5. The number of hydrogen-bond acceptors (Lipinski definition) is 8. The molecule has 1 saturated heterocycles. The number of ether oxygens (including phenoxy) is 1. The highest BCUT2D eigenvalue weighted by molar-refractivity contribution is 8.76. The third-order valence-electron chi connectivity index (χ3n) is 5.52. The summed E-state index contributed by atoms with van der Waals surface area (Å²) in [6.07, 6.45) is 2.14. The van der Waals surface area contributed by atoms with Gasteiger partial charge in [0.25, 0.3) is 0 Å². The van der Waals surface area contributed by atoms with Crippen LogP contribution in [-0.4, -0.2) is 70.6 Å². The smallest absolute Gasteiger partial charge is 0.309 e. The van der Waals surface area contributed by atoms with E-state index in [9.17, 15) is 24.3 Å². The molecule has 11 heteroatoms. The maximum absolute atomic E-state index is 13.2. The molecule has 192 valence electrons. The molecule has 0 radical (unpaired) electrons. The lowest BCUT2D eigenvalue weighted by atomic mass is 9.96. The fourth-order valence-electron chi connectivity index (χ4n) is 3.77. The van der Waals surface area contributed by atoms with Crippen molar-refractivity contribution in [2.75, 3.05) is 11.5 Å². The van der Waals surface area contributed by atoms with Crippen molar-refractivity contribution in [3.05, 3.63) is 12.2 Å². The van der Waals surface area contributed by atoms with Gasteiger partial charge in [0.05, 0.1) is 25.0 Å². The highest BCUT2D eigenvalue weighted by atomic mass is 33.1. The van der Waals surface area contributed by atoms with E-state index >= 15 is 0 Å². The zero-order chi connectivity index (χ0) is 25.3. The molecule has 5 atom stereocenters. The van der Waals surface area contributed by atoms with E-state index in [1.807, 2.05) is 33.8 Å². The van der Waals surface area contributed by atoms with Gasteiger partial charge in [-0.25, -0.2) is 0 Å². The van der Waals surface area contributed by atoms with Crippen LogP contribution in [0.3, 0.4) is 0 Å². The van der Waals surface area contributed by atoms with Crippen molar-refractivity contribution < 1.29 is 29.0 Å². The lowest BCUT2D eigenvalue weighted by molar-refractivity contribution is -0.151. The average Bonchev–Trinajstić information content (AvgIpc) is 2.73. The van der Waals surface area contributed by atoms with E-state index in [0.717, 1.165) is 5.75 Å². The van der Waals surface area contributed by atoms with E-state index in [1.165, 1.54) is 10.8 Å². The fraction of sp³-hybridized carbons (Fsp3) is 0.739. The molecule has 4 N–H and O–H groups in total. The van der Waals surface area contributed by atoms with Gasteiger partial charge in [-0.3, -0.25) is 19.2 Å². The Kier molecular flexibility index (Phi) is 11.7. The van der Waals surface area contributed by atoms with Crippen molar-refractivity contribution in [1.29, 1.82) is 0 Å². The number of carbonyl (C=O) groups is 4. The van der Waals surface area contributed by atoms with Crippen molar-refractivity contribution in [3.63, 3.8) is 0 Å². The Morgan fingerprint density at radius 1 is 1.03 bits per heavy atom. The summed E-state index contributed by atoms with van der Waals surface area (Å²) in [5.41, 5.74) is 0. The van der Waals surface area contributed by atoms with E-state index in [0.29, 0.717) is 18.6 Å². The zero-order valence-electron chi connectivity index (χ0n) is 20.2. The van der Waals surface area contributed by atoms with Crippen molar-refractivity contribution in [2.24, 2.45) is 11.8 Å². The molecule has 0 unspecified atom stereocenters. The van der Waals surface area contributed by atoms with Crippen LogP contribution in [0.5, 0.6) is 0 Å². The number of carbonyl (C=O) groups excluding carboxylic acids is 4. The Hall–Kier alpha value is -1.72. The molecule has 34 heavy (non-hydrogen) atoms.